The molecule has 1 saturated heterocycles. The van der Waals surface area contributed by atoms with Crippen molar-refractivity contribution in [3.05, 3.63) is 0 Å². The molecule has 1 aliphatic heterocycles. The highest BCUT2D eigenvalue weighted by molar-refractivity contribution is 14.1. The molecule has 1 unspecified atom stereocenters. The van der Waals surface area contributed by atoms with Gasteiger partial charge in [-0.3, -0.25) is 9.59 Å². The number of carbonyl (C=O) groups is 2. The van der Waals surface area contributed by atoms with Crippen molar-refractivity contribution in [3.63, 3.8) is 0 Å². The molecule has 127 valence electrons. The number of esters is 2. The molecule has 22 heavy (non-hydrogen) atoms. The highest BCUT2D eigenvalue weighted by Gasteiger charge is 2.55. The predicted molar refractivity (Wildman–Crippen MR) is 88.8 cm³/mol. The van der Waals surface area contributed by atoms with Crippen molar-refractivity contribution in [1.29, 1.82) is 0 Å². The summed E-state index contributed by atoms with van der Waals surface area (Å²) in [5.74, 6) is -1.25. The van der Waals surface area contributed by atoms with E-state index in [0.717, 1.165) is 5.06 Å². The van der Waals surface area contributed by atoms with E-state index < -0.39 is 26.4 Å². The van der Waals surface area contributed by atoms with E-state index in [1.54, 1.807) is 27.7 Å². The number of rotatable bonds is 5. The van der Waals surface area contributed by atoms with Crippen molar-refractivity contribution in [2.45, 2.75) is 62.5 Å². The van der Waals surface area contributed by atoms with E-state index in [9.17, 15) is 14.8 Å². The Balaban J connectivity index is 2.49. The molecule has 0 aromatic carbocycles. The van der Waals surface area contributed by atoms with Gasteiger partial charge in [-0.1, -0.05) is 22.6 Å². The van der Waals surface area contributed by atoms with Gasteiger partial charge in [0.05, 0.1) is 11.5 Å². The van der Waals surface area contributed by atoms with E-state index in [2.05, 4.69) is 0 Å². The Morgan fingerprint density at radius 1 is 1.18 bits per heavy atom. The lowest BCUT2D eigenvalue weighted by molar-refractivity contribution is -0.248. The van der Waals surface area contributed by atoms with E-state index in [4.69, 9.17) is 9.47 Å². The van der Waals surface area contributed by atoms with Crippen molar-refractivity contribution in [1.82, 2.24) is 5.06 Å². The summed E-state index contributed by atoms with van der Waals surface area (Å²) in [6, 6.07) is 0. The largest absolute Gasteiger partial charge is 0.462 e. The van der Waals surface area contributed by atoms with E-state index in [1.807, 2.05) is 36.4 Å². The Morgan fingerprint density at radius 2 is 1.68 bits per heavy atom. The van der Waals surface area contributed by atoms with Crippen LogP contribution in [0.1, 0.15) is 48.0 Å². The van der Waals surface area contributed by atoms with Gasteiger partial charge < -0.3 is 9.47 Å². The summed E-state index contributed by atoms with van der Waals surface area (Å²) in [5, 5.41) is 13.2. The summed E-state index contributed by atoms with van der Waals surface area (Å²) in [5.41, 5.74) is -1.40. The Morgan fingerprint density at radius 3 is 2.09 bits per heavy atom. The zero-order valence-corrected chi connectivity index (χ0v) is 16.2. The first-order chi connectivity index (χ1) is 9.80. The highest BCUT2D eigenvalue weighted by atomic mass is 127. The summed E-state index contributed by atoms with van der Waals surface area (Å²) in [6.45, 7) is 10.6. The van der Waals surface area contributed by atoms with Gasteiger partial charge in [0.2, 0.25) is 0 Å². The number of carbonyl (C=O) groups excluding carboxylic acids is 2. The Bertz CT molecular complexity index is 442. The fourth-order valence-corrected chi connectivity index (χ4v) is 2.83. The van der Waals surface area contributed by atoms with Gasteiger partial charge in [0.15, 0.2) is 0 Å². The molecule has 1 atom stereocenters. The molecule has 0 aromatic rings. The van der Waals surface area contributed by atoms with Gasteiger partial charge in [0, 0.05) is 5.54 Å². The van der Waals surface area contributed by atoms with Crippen LogP contribution < -0.4 is 0 Å². The van der Waals surface area contributed by atoms with Crippen LogP contribution in [-0.4, -0.2) is 44.7 Å². The molecular weight excluding hydrogens is 401 g/mol. The molecule has 1 fully saturated rings. The maximum atomic E-state index is 12.2. The molecule has 0 aliphatic carbocycles. The van der Waals surface area contributed by atoms with Gasteiger partial charge in [0.25, 0.3) is 0 Å². The van der Waals surface area contributed by atoms with Gasteiger partial charge in [-0.2, -0.15) is 0 Å². The normalized spacial score (nSPS) is 24.1. The van der Waals surface area contributed by atoms with Gasteiger partial charge in [-0.05, 0) is 48.0 Å². The van der Waals surface area contributed by atoms with E-state index in [-0.39, 0.29) is 19.2 Å². The van der Waals surface area contributed by atoms with Gasteiger partial charge in [-0.25, -0.2) is 0 Å². The molecule has 0 N–H and O–H groups in total. The van der Waals surface area contributed by atoms with E-state index in [0.29, 0.717) is 6.42 Å². The second kappa shape index (κ2) is 6.60. The third-order valence-corrected chi connectivity index (χ3v) is 4.40. The SMILES string of the molecule is CC(C)(I)C(=O)OCCOC(=O)C1CC(C)(C)N([O])C1(C)C. The second-order valence-electron chi connectivity index (χ2n) is 7.29. The minimum atomic E-state index is -0.804. The predicted octanol–water partition coefficient (Wildman–Crippen LogP) is 2.51. The van der Waals surface area contributed by atoms with Crippen molar-refractivity contribution in [2.24, 2.45) is 5.92 Å². The number of ether oxygens (including phenoxy) is 2. The molecule has 0 saturated carbocycles. The summed E-state index contributed by atoms with van der Waals surface area (Å²) in [7, 11) is 0. The summed E-state index contributed by atoms with van der Waals surface area (Å²) in [4.78, 5) is 23.8. The van der Waals surface area contributed by atoms with Gasteiger partial charge in [0.1, 0.15) is 16.6 Å². The van der Waals surface area contributed by atoms with Crippen molar-refractivity contribution >= 4 is 34.5 Å². The molecule has 1 radical (unpaired) electrons. The van der Waals surface area contributed by atoms with E-state index >= 15 is 0 Å². The van der Waals surface area contributed by atoms with Crippen LogP contribution in [0.2, 0.25) is 0 Å². The Kier molecular flexibility index (Phi) is 5.89. The van der Waals surface area contributed by atoms with E-state index in [1.165, 1.54) is 0 Å². The Labute approximate surface area is 145 Å². The minimum absolute atomic E-state index is 0.00313. The molecule has 0 amide bonds. The van der Waals surface area contributed by atoms with Crippen LogP contribution in [0.4, 0.5) is 0 Å². The summed E-state index contributed by atoms with van der Waals surface area (Å²) in [6.07, 6.45) is 0.447. The monoisotopic (exact) mass is 426 g/mol. The molecular formula is C15H25INO5. The average molecular weight is 426 g/mol. The van der Waals surface area contributed by atoms with Crippen LogP contribution in [0, 0.1) is 5.92 Å². The fourth-order valence-electron chi connectivity index (χ4n) is 2.67. The minimum Gasteiger partial charge on any atom is -0.462 e. The molecule has 0 bridgehead atoms. The Hall–Kier alpha value is -0.410. The third-order valence-electron chi connectivity index (χ3n) is 3.96. The maximum absolute atomic E-state index is 12.2. The first-order valence-corrected chi connectivity index (χ1v) is 8.38. The van der Waals surface area contributed by atoms with Crippen molar-refractivity contribution in [2.75, 3.05) is 13.2 Å². The first-order valence-electron chi connectivity index (χ1n) is 7.30. The van der Waals surface area contributed by atoms with Crippen LogP contribution in [0.5, 0.6) is 0 Å². The zero-order chi connectivity index (χ0) is 17.3. The second-order valence-corrected chi connectivity index (χ2v) is 9.99. The molecule has 1 heterocycles. The summed E-state index contributed by atoms with van der Waals surface area (Å²) >= 11 is 1.99. The van der Waals surface area contributed by atoms with Crippen LogP contribution in [0.15, 0.2) is 0 Å². The topological polar surface area (TPSA) is 75.7 Å². The number of alkyl halides is 1. The molecule has 6 nitrogen and oxygen atoms in total. The van der Waals surface area contributed by atoms with Crippen LogP contribution in [0.3, 0.4) is 0 Å². The fraction of sp³-hybridized carbons (Fsp3) is 0.867. The van der Waals surface area contributed by atoms with Crippen LogP contribution in [0.25, 0.3) is 0 Å². The number of hydrogen-bond donors (Lipinski definition) is 0. The van der Waals surface area contributed by atoms with Gasteiger partial charge in [-0.15, -0.1) is 10.3 Å². The van der Waals surface area contributed by atoms with Crippen LogP contribution >= 0.6 is 22.6 Å². The number of nitrogens with zero attached hydrogens (tertiary/aromatic N) is 1. The highest BCUT2D eigenvalue weighted by Crippen LogP contribution is 2.44. The lowest BCUT2D eigenvalue weighted by Gasteiger charge is -2.32. The lowest BCUT2D eigenvalue weighted by Crippen LogP contribution is -2.47. The lowest BCUT2D eigenvalue weighted by atomic mass is 9.87. The molecule has 7 heteroatoms. The number of halogens is 1. The van der Waals surface area contributed by atoms with Gasteiger partial charge >= 0.3 is 11.9 Å². The quantitative estimate of drug-likeness (QED) is 0.292. The molecule has 1 aliphatic rings. The zero-order valence-electron chi connectivity index (χ0n) is 14.1. The number of hydrogen-bond acceptors (Lipinski definition) is 5. The molecule has 1 rings (SSSR count). The van der Waals surface area contributed by atoms with Crippen LogP contribution in [-0.2, 0) is 24.3 Å². The molecule has 0 spiro atoms. The smallest absolute Gasteiger partial charge is 0.321 e. The van der Waals surface area contributed by atoms with Crippen molar-refractivity contribution < 1.29 is 24.3 Å². The summed E-state index contributed by atoms with van der Waals surface area (Å²) < 4.78 is 9.61. The standard InChI is InChI=1S/C15H25INO5/c1-13(2)9-10(15(5,6)17(13)20)11(18)21-7-8-22-12(19)14(3,4)16/h10H,7-9H2,1-6H3. The maximum Gasteiger partial charge on any atom is 0.321 e. The number of hydroxylamine groups is 2. The first kappa shape index (κ1) is 19.6. The third kappa shape index (κ3) is 4.32. The molecule has 0 aromatic heterocycles. The van der Waals surface area contributed by atoms with Crippen molar-refractivity contribution in [3.8, 4) is 0 Å². The average Bonchev–Trinajstić information content (AvgIpc) is 2.53.